The minimum absolute atomic E-state index is 0.00139. The van der Waals surface area contributed by atoms with Crippen molar-refractivity contribution in [3.63, 3.8) is 0 Å². The molecule has 1 aromatic carbocycles. The first-order valence-electron chi connectivity index (χ1n) is 7.21. The Morgan fingerprint density at radius 2 is 1.86 bits per heavy atom. The maximum absolute atomic E-state index is 11.8. The highest BCUT2D eigenvalue weighted by atomic mass is 16.1. The second kappa shape index (κ2) is 6.22. The van der Waals surface area contributed by atoms with Crippen LogP contribution in [0.4, 0.5) is 0 Å². The molecule has 0 spiro atoms. The Balaban J connectivity index is 2.15. The van der Waals surface area contributed by atoms with Crippen LogP contribution in [0.2, 0.25) is 0 Å². The van der Waals surface area contributed by atoms with Crippen LogP contribution in [0.3, 0.4) is 0 Å². The number of benzene rings is 1. The zero-order valence-corrected chi connectivity index (χ0v) is 13.2. The van der Waals surface area contributed by atoms with Gasteiger partial charge in [-0.05, 0) is 33.3 Å². The molecule has 2 N–H and O–H groups in total. The van der Waals surface area contributed by atoms with Crippen molar-refractivity contribution < 1.29 is 0 Å². The number of nitrogens with one attached hydrogen (secondary N) is 2. The smallest absolute Gasteiger partial charge is 0.251 e. The van der Waals surface area contributed by atoms with E-state index in [2.05, 4.69) is 67.2 Å². The minimum Gasteiger partial charge on any atom is -0.310 e. The molecule has 1 heterocycles. The number of rotatable bonds is 4. The van der Waals surface area contributed by atoms with E-state index in [0.717, 1.165) is 11.3 Å². The van der Waals surface area contributed by atoms with Gasteiger partial charge in [0.2, 0.25) is 0 Å². The number of nitrogens with zero attached hydrogens (tertiary/aromatic N) is 1. The molecule has 0 aliphatic carbocycles. The molecule has 0 bridgehead atoms. The van der Waals surface area contributed by atoms with Gasteiger partial charge < -0.3 is 10.3 Å². The first kappa shape index (κ1) is 15.4. The molecule has 112 valence electrons. The van der Waals surface area contributed by atoms with Gasteiger partial charge in [0.05, 0.1) is 5.69 Å². The molecule has 2 aromatic rings. The molecule has 0 aliphatic rings. The summed E-state index contributed by atoms with van der Waals surface area (Å²) in [4.78, 5) is 19.1. The van der Waals surface area contributed by atoms with E-state index in [1.54, 1.807) is 6.07 Å². The molecular weight excluding hydrogens is 262 g/mol. The summed E-state index contributed by atoms with van der Waals surface area (Å²) in [7, 11) is 0. The van der Waals surface area contributed by atoms with Crippen LogP contribution in [-0.2, 0) is 13.0 Å². The van der Waals surface area contributed by atoms with Crippen LogP contribution in [0.1, 0.15) is 43.4 Å². The lowest BCUT2D eigenvalue weighted by molar-refractivity contribution is 0.420. The Morgan fingerprint density at radius 3 is 2.48 bits per heavy atom. The molecule has 4 heteroatoms. The van der Waals surface area contributed by atoms with E-state index in [1.807, 2.05) is 0 Å². The number of aryl methyl sites for hydroxylation is 1. The monoisotopic (exact) mass is 285 g/mol. The summed E-state index contributed by atoms with van der Waals surface area (Å²) in [5, 5.41) is 3.35. The Labute approximate surface area is 125 Å². The molecule has 0 fully saturated rings. The molecule has 4 nitrogen and oxygen atoms in total. The number of hydrogen-bond acceptors (Lipinski definition) is 3. The summed E-state index contributed by atoms with van der Waals surface area (Å²) >= 11 is 0. The maximum atomic E-state index is 11.8. The lowest BCUT2D eigenvalue weighted by Crippen LogP contribution is -2.35. The fourth-order valence-electron chi connectivity index (χ4n) is 1.99. The predicted octanol–water partition coefficient (Wildman–Crippen LogP) is 2.56. The molecule has 2 rings (SSSR count). The van der Waals surface area contributed by atoms with Crippen molar-refractivity contribution >= 4 is 0 Å². The normalized spacial score (nSPS) is 11.6. The van der Waals surface area contributed by atoms with Crippen molar-refractivity contribution in [3.8, 4) is 0 Å². The van der Waals surface area contributed by atoms with Crippen molar-refractivity contribution in [2.75, 3.05) is 0 Å². The van der Waals surface area contributed by atoms with Crippen molar-refractivity contribution in [2.45, 2.75) is 46.2 Å². The van der Waals surface area contributed by atoms with Gasteiger partial charge in [-0.3, -0.25) is 4.79 Å². The summed E-state index contributed by atoms with van der Waals surface area (Å²) < 4.78 is 0. The molecule has 0 saturated heterocycles. The molecule has 21 heavy (non-hydrogen) atoms. The highest BCUT2D eigenvalue weighted by molar-refractivity contribution is 5.24. The van der Waals surface area contributed by atoms with E-state index in [4.69, 9.17) is 0 Å². The van der Waals surface area contributed by atoms with Gasteiger partial charge in [-0.25, -0.2) is 4.98 Å². The van der Waals surface area contributed by atoms with E-state index < -0.39 is 0 Å². The van der Waals surface area contributed by atoms with Crippen molar-refractivity contribution in [2.24, 2.45) is 0 Å². The Hall–Kier alpha value is -1.94. The number of H-pyrrole nitrogens is 1. The second-order valence-corrected chi connectivity index (χ2v) is 6.45. The molecule has 0 radical (unpaired) electrons. The van der Waals surface area contributed by atoms with Gasteiger partial charge in [0.25, 0.3) is 5.56 Å². The number of aromatic amines is 1. The molecule has 0 amide bonds. The topological polar surface area (TPSA) is 57.8 Å². The van der Waals surface area contributed by atoms with Gasteiger partial charge in [0.15, 0.2) is 0 Å². The standard InChI is InChI=1S/C17H23N3O/c1-12-5-7-13(8-6-12)9-15-19-14(10-16(21)20-15)11-18-17(2,3)4/h5-8,10,18H,9,11H2,1-4H3,(H,19,20,21). The molecule has 1 aromatic heterocycles. The predicted molar refractivity (Wildman–Crippen MR) is 85.4 cm³/mol. The third kappa shape index (κ3) is 5.16. The third-order valence-electron chi connectivity index (χ3n) is 3.14. The second-order valence-electron chi connectivity index (χ2n) is 6.45. The molecular formula is C17H23N3O. The first-order valence-corrected chi connectivity index (χ1v) is 7.21. The summed E-state index contributed by atoms with van der Waals surface area (Å²) in [6, 6.07) is 9.82. The van der Waals surface area contributed by atoms with Crippen LogP contribution < -0.4 is 10.9 Å². The quantitative estimate of drug-likeness (QED) is 0.907. The highest BCUT2D eigenvalue weighted by Crippen LogP contribution is 2.07. The summed E-state index contributed by atoms with van der Waals surface area (Å²) in [6.45, 7) is 8.92. The van der Waals surface area contributed by atoms with Crippen LogP contribution in [0, 0.1) is 6.92 Å². The van der Waals surface area contributed by atoms with Crippen molar-refractivity contribution in [1.29, 1.82) is 0 Å². The summed E-state index contributed by atoms with van der Waals surface area (Å²) in [5.74, 6) is 0.706. The Morgan fingerprint density at radius 1 is 1.19 bits per heavy atom. The number of hydrogen-bond donors (Lipinski definition) is 2. The van der Waals surface area contributed by atoms with Gasteiger partial charge in [-0.15, -0.1) is 0 Å². The fourth-order valence-corrected chi connectivity index (χ4v) is 1.99. The largest absolute Gasteiger partial charge is 0.310 e. The van der Waals surface area contributed by atoms with Crippen molar-refractivity contribution in [3.05, 3.63) is 63.3 Å². The molecule has 0 atom stereocenters. The van der Waals surface area contributed by atoms with E-state index in [-0.39, 0.29) is 11.1 Å². The SMILES string of the molecule is Cc1ccc(Cc2nc(CNC(C)(C)C)cc(=O)[nH]2)cc1. The van der Waals surface area contributed by atoms with Gasteiger partial charge in [0.1, 0.15) is 5.82 Å². The zero-order chi connectivity index (χ0) is 15.5. The van der Waals surface area contributed by atoms with Gasteiger partial charge in [0, 0.05) is 24.6 Å². The summed E-state index contributed by atoms with van der Waals surface area (Å²) in [6.07, 6.45) is 0.638. The third-order valence-corrected chi connectivity index (χ3v) is 3.14. The lowest BCUT2D eigenvalue weighted by Gasteiger charge is -2.20. The van der Waals surface area contributed by atoms with Gasteiger partial charge >= 0.3 is 0 Å². The van der Waals surface area contributed by atoms with Gasteiger partial charge in [-0.1, -0.05) is 29.8 Å². The van der Waals surface area contributed by atoms with E-state index in [1.165, 1.54) is 5.56 Å². The molecule has 0 unspecified atom stereocenters. The van der Waals surface area contributed by atoms with Gasteiger partial charge in [-0.2, -0.15) is 0 Å². The number of aromatic nitrogens is 2. The van der Waals surface area contributed by atoms with Crippen LogP contribution in [0.25, 0.3) is 0 Å². The summed E-state index contributed by atoms with van der Waals surface area (Å²) in [5.41, 5.74) is 3.04. The van der Waals surface area contributed by atoms with E-state index in [9.17, 15) is 4.79 Å². The Kier molecular flexibility index (Phi) is 4.58. The average Bonchev–Trinajstić information content (AvgIpc) is 2.38. The van der Waals surface area contributed by atoms with Crippen LogP contribution in [-0.4, -0.2) is 15.5 Å². The van der Waals surface area contributed by atoms with Crippen LogP contribution >= 0.6 is 0 Å². The fraction of sp³-hybridized carbons (Fsp3) is 0.412. The van der Waals surface area contributed by atoms with E-state index >= 15 is 0 Å². The maximum Gasteiger partial charge on any atom is 0.251 e. The van der Waals surface area contributed by atoms with Crippen molar-refractivity contribution in [1.82, 2.24) is 15.3 Å². The minimum atomic E-state index is -0.0992. The lowest BCUT2D eigenvalue weighted by atomic mass is 10.1. The van der Waals surface area contributed by atoms with Crippen LogP contribution in [0.15, 0.2) is 35.1 Å². The zero-order valence-electron chi connectivity index (χ0n) is 13.2. The highest BCUT2D eigenvalue weighted by Gasteiger charge is 2.10. The average molecular weight is 285 g/mol. The van der Waals surface area contributed by atoms with E-state index in [0.29, 0.717) is 18.8 Å². The molecule has 0 aliphatic heterocycles. The Bertz CT molecular complexity index is 651. The van der Waals surface area contributed by atoms with Crippen LogP contribution in [0.5, 0.6) is 0 Å². The first-order chi connectivity index (χ1) is 9.82. The molecule has 0 saturated carbocycles.